The summed E-state index contributed by atoms with van der Waals surface area (Å²) in [5.74, 6) is -0.503. The van der Waals surface area contributed by atoms with Gasteiger partial charge in [0.25, 0.3) is 5.91 Å². The minimum atomic E-state index is -0.655. The van der Waals surface area contributed by atoms with Gasteiger partial charge in [-0.3, -0.25) is 4.79 Å². The molecule has 0 saturated heterocycles. The van der Waals surface area contributed by atoms with Crippen molar-refractivity contribution < 1.29 is 9.32 Å². The van der Waals surface area contributed by atoms with Crippen LogP contribution < -0.4 is 10.9 Å². The first-order valence-corrected chi connectivity index (χ1v) is 6.02. The lowest BCUT2D eigenvalue weighted by Crippen LogP contribution is -2.19. The Morgan fingerprint density at radius 2 is 2.05 bits per heavy atom. The van der Waals surface area contributed by atoms with E-state index < -0.39 is 11.5 Å². The number of aryl methyl sites for hydroxylation is 2. The monoisotopic (exact) mass is 280 g/mol. The highest BCUT2D eigenvalue weighted by Crippen LogP contribution is 2.20. The molecule has 0 fully saturated rings. The molecule has 1 aromatic heterocycles. The highest BCUT2D eigenvalue weighted by Gasteiger charge is 2.20. The first kappa shape index (κ1) is 13.4. The minimum absolute atomic E-state index is 0.00174. The fourth-order valence-electron chi connectivity index (χ4n) is 1.71. The number of hydrogen-bond donors (Lipinski definition) is 1. The van der Waals surface area contributed by atoms with Crippen LogP contribution >= 0.6 is 11.6 Å². The second-order valence-electron chi connectivity index (χ2n) is 4.25. The number of hydrogen-bond acceptors (Lipinski definition) is 3. The molecule has 5 nitrogen and oxygen atoms in total. The van der Waals surface area contributed by atoms with E-state index in [1.54, 1.807) is 32.2 Å². The van der Waals surface area contributed by atoms with Crippen molar-refractivity contribution in [2.24, 2.45) is 7.05 Å². The molecule has 0 atom stereocenters. The number of halogens is 1. The molecule has 0 unspecified atom stereocenters. The molecule has 0 aliphatic carbocycles. The van der Waals surface area contributed by atoms with Gasteiger partial charge in [-0.15, -0.1) is 0 Å². The van der Waals surface area contributed by atoms with Gasteiger partial charge < -0.3 is 9.84 Å². The largest absolute Gasteiger partial charge is 0.370 e. The van der Waals surface area contributed by atoms with E-state index in [-0.39, 0.29) is 5.56 Å². The molecule has 1 aromatic carbocycles. The fraction of sp³-hybridized carbons (Fsp3) is 0.231. The van der Waals surface area contributed by atoms with Crippen LogP contribution in [0.15, 0.2) is 27.5 Å². The average molecular weight is 281 g/mol. The molecule has 0 saturated carbocycles. The zero-order valence-corrected chi connectivity index (χ0v) is 11.5. The Labute approximate surface area is 114 Å². The Morgan fingerprint density at radius 1 is 1.37 bits per heavy atom. The number of carbonyl (C=O) groups excluding carboxylic acids is 1. The van der Waals surface area contributed by atoms with Crippen LogP contribution in [0.5, 0.6) is 0 Å². The molecule has 2 rings (SSSR count). The molecule has 19 heavy (non-hydrogen) atoms. The number of carbonyl (C=O) groups is 1. The van der Waals surface area contributed by atoms with Crippen molar-refractivity contribution in [1.82, 2.24) is 4.74 Å². The molecule has 1 amide bonds. The molecular formula is C13H13ClN2O3. The van der Waals surface area contributed by atoms with E-state index in [0.29, 0.717) is 16.4 Å². The van der Waals surface area contributed by atoms with Gasteiger partial charge in [0.05, 0.1) is 5.69 Å². The van der Waals surface area contributed by atoms with Crippen LogP contribution in [0.25, 0.3) is 0 Å². The molecule has 100 valence electrons. The topological polar surface area (TPSA) is 64.2 Å². The Hall–Kier alpha value is -2.01. The number of aromatic nitrogens is 1. The molecule has 0 radical (unpaired) electrons. The Bertz CT molecular complexity index is 700. The van der Waals surface area contributed by atoms with Crippen LogP contribution in [0.2, 0.25) is 5.02 Å². The standard InChI is InChI=1S/C13H13ClN2O3/c1-7-4-5-9(14)6-10(7)15-12(17)11-8(2)16(3)19-13(11)18/h4-6H,1-3H3,(H,15,17). The lowest BCUT2D eigenvalue weighted by molar-refractivity contribution is 0.102. The van der Waals surface area contributed by atoms with Gasteiger partial charge in [-0.05, 0) is 31.5 Å². The van der Waals surface area contributed by atoms with E-state index in [0.717, 1.165) is 5.56 Å². The van der Waals surface area contributed by atoms with Gasteiger partial charge in [0.1, 0.15) is 5.56 Å². The van der Waals surface area contributed by atoms with E-state index >= 15 is 0 Å². The molecular weight excluding hydrogens is 268 g/mol. The van der Waals surface area contributed by atoms with Crippen molar-refractivity contribution in [2.45, 2.75) is 13.8 Å². The first-order valence-electron chi connectivity index (χ1n) is 5.64. The fourth-order valence-corrected chi connectivity index (χ4v) is 1.89. The summed E-state index contributed by atoms with van der Waals surface area (Å²) in [5, 5.41) is 3.18. The number of nitrogens with zero attached hydrogens (tertiary/aromatic N) is 1. The quantitative estimate of drug-likeness (QED) is 0.919. The Balaban J connectivity index is 2.36. The molecule has 0 spiro atoms. The van der Waals surface area contributed by atoms with Crippen molar-refractivity contribution in [1.29, 1.82) is 0 Å². The van der Waals surface area contributed by atoms with E-state index in [4.69, 9.17) is 16.1 Å². The van der Waals surface area contributed by atoms with Crippen molar-refractivity contribution in [2.75, 3.05) is 5.32 Å². The van der Waals surface area contributed by atoms with Crippen LogP contribution in [0.3, 0.4) is 0 Å². The number of anilines is 1. The maximum Gasteiger partial charge on any atom is 0.370 e. The summed E-state index contributed by atoms with van der Waals surface area (Å²) in [6.45, 7) is 3.48. The van der Waals surface area contributed by atoms with Crippen LogP contribution in [-0.2, 0) is 7.05 Å². The second kappa shape index (κ2) is 4.93. The zero-order valence-electron chi connectivity index (χ0n) is 10.8. The van der Waals surface area contributed by atoms with Gasteiger partial charge in [0.15, 0.2) is 0 Å². The summed E-state index contributed by atoms with van der Waals surface area (Å²) >= 11 is 5.88. The maximum atomic E-state index is 12.1. The first-order chi connectivity index (χ1) is 8.90. The molecule has 0 aliphatic rings. The summed E-state index contributed by atoms with van der Waals surface area (Å²) in [7, 11) is 1.57. The molecule has 0 aliphatic heterocycles. The third-order valence-corrected chi connectivity index (χ3v) is 3.17. The van der Waals surface area contributed by atoms with Gasteiger partial charge in [-0.1, -0.05) is 17.7 Å². The number of rotatable bonds is 2. The minimum Gasteiger partial charge on any atom is -0.336 e. The second-order valence-corrected chi connectivity index (χ2v) is 4.69. The molecule has 1 heterocycles. The average Bonchev–Trinajstić information content (AvgIpc) is 2.58. The van der Waals surface area contributed by atoms with Crippen LogP contribution in [-0.4, -0.2) is 10.6 Å². The van der Waals surface area contributed by atoms with Crippen LogP contribution in [0, 0.1) is 13.8 Å². The molecule has 6 heteroatoms. The van der Waals surface area contributed by atoms with Gasteiger partial charge in [-0.2, -0.15) is 0 Å². The van der Waals surface area contributed by atoms with Gasteiger partial charge >= 0.3 is 5.63 Å². The van der Waals surface area contributed by atoms with Gasteiger partial charge in [-0.25, -0.2) is 9.53 Å². The molecule has 0 bridgehead atoms. The number of nitrogens with one attached hydrogen (secondary N) is 1. The van der Waals surface area contributed by atoms with Crippen LogP contribution in [0.1, 0.15) is 21.6 Å². The van der Waals surface area contributed by atoms with Crippen molar-refractivity contribution in [3.63, 3.8) is 0 Å². The summed E-state index contributed by atoms with van der Waals surface area (Å²) in [6, 6.07) is 5.15. The summed E-state index contributed by atoms with van der Waals surface area (Å²) in [6.07, 6.45) is 0. The maximum absolute atomic E-state index is 12.1. The smallest absolute Gasteiger partial charge is 0.336 e. The summed E-state index contributed by atoms with van der Waals surface area (Å²) < 4.78 is 6.10. The predicted octanol–water partition coefficient (Wildman–Crippen LogP) is 2.50. The SMILES string of the molecule is Cc1ccc(Cl)cc1NC(=O)c1c(C)n(C)oc1=O. The lowest BCUT2D eigenvalue weighted by atomic mass is 10.2. The summed E-state index contributed by atoms with van der Waals surface area (Å²) in [5.41, 5.74) is 1.25. The normalized spacial score (nSPS) is 10.5. The van der Waals surface area contributed by atoms with Gasteiger partial charge in [0, 0.05) is 17.8 Å². The van der Waals surface area contributed by atoms with Crippen molar-refractivity contribution >= 4 is 23.2 Å². The molecule has 2 aromatic rings. The highest BCUT2D eigenvalue weighted by molar-refractivity contribution is 6.31. The number of amides is 1. The van der Waals surface area contributed by atoms with Crippen LogP contribution in [0.4, 0.5) is 5.69 Å². The van der Waals surface area contributed by atoms with E-state index in [1.165, 1.54) is 4.74 Å². The Kier molecular flexibility index (Phi) is 3.48. The summed E-state index contributed by atoms with van der Waals surface area (Å²) in [4.78, 5) is 23.7. The highest BCUT2D eigenvalue weighted by atomic mass is 35.5. The third-order valence-electron chi connectivity index (χ3n) is 2.93. The van der Waals surface area contributed by atoms with Gasteiger partial charge in [0.2, 0.25) is 0 Å². The van der Waals surface area contributed by atoms with E-state index in [1.807, 2.05) is 6.92 Å². The lowest BCUT2D eigenvalue weighted by Gasteiger charge is -2.07. The molecule has 1 N–H and O–H groups in total. The van der Waals surface area contributed by atoms with Crippen molar-refractivity contribution in [3.05, 3.63) is 50.5 Å². The zero-order chi connectivity index (χ0) is 14.2. The third kappa shape index (κ3) is 2.56. The van der Waals surface area contributed by atoms with Crippen molar-refractivity contribution in [3.8, 4) is 0 Å². The van der Waals surface area contributed by atoms with E-state index in [9.17, 15) is 9.59 Å². The van der Waals surface area contributed by atoms with E-state index in [2.05, 4.69) is 5.32 Å². The number of benzene rings is 1. The Morgan fingerprint density at radius 3 is 2.63 bits per heavy atom. The predicted molar refractivity (Wildman–Crippen MR) is 72.8 cm³/mol.